The normalized spacial score (nSPS) is 20.3. The number of carbonyl (C=O) groups excluding carboxylic acids is 1. The highest BCUT2D eigenvalue weighted by Gasteiger charge is 2.45. The summed E-state index contributed by atoms with van der Waals surface area (Å²) in [5.41, 5.74) is 3.81. The van der Waals surface area contributed by atoms with Crippen LogP contribution in [0.25, 0.3) is 0 Å². The molecule has 4 nitrogen and oxygen atoms in total. The highest BCUT2D eigenvalue weighted by Crippen LogP contribution is 2.36. The minimum Gasteiger partial charge on any atom is -0.497 e. The molecular weight excluding hydrogens is 372 g/mol. The van der Waals surface area contributed by atoms with E-state index >= 15 is 0 Å². The second-order valence-corrected chi connectivity index (χ2v) is 9.73. The van der Waals surface area contributed by atoms with Crippen molar-refractivity contribution in [2.24, 2.45) is 5.92 Å². The predicted octanol–water partition coefficient (Wildman–Crippen LogP) is 5.03. The van der Waals surface area contributed by atoms with E-state index in [-0.39, 0.29) is 29.4 Å². The first kappa shape index (κ1) is 22.4. The topological polar surface area (TPSA) is 32.8 Å². The molecule has 1 fully saturated rings. The molecule has 0 aromatic heterocycles. The van der Waals surface area contributed by atoms with Gasteiger partial charge in [0.2, 0.25) is 5.91 Å². The summed E-state index contributed by atoms with van der Waals surface area (Å²) < 4.78 is 5.26. The lowest BCUT2D eigenvalue weighted by atomic mass is 9.86. The highest BCUT2D eigenvalue weighted by molar-refractivity contribution is 5.84. The van der Waals surface area contributed by atoms with Gasteiger partial charge in [-0.3, -0.25) is 9.69 Å². The third-order valence-electron chi connectivity index (χ3n) is 6.16. The number of carbonyl (C=O) groups is 1. The fourth-order valence-electron chi connectivity index (χ4n) is 4.44. The van der Waals surface area contributed by atoms with Crippen LogP contribution in [0.2, 0.25) is 0 Å². The molecule has 3 rings (SSSR count). The van der Waals surface area contributed by atoms with Gasteiger partial charge in [0, 0.05) is 6.54 Å². The van der Waals surface area contributed by atoms with Crippen LogP contribution in [0.4, 0.5) is 0 Å². The van der Waals surface area contributed by atoms with Crippen LogP contribution in [0.3, 0.4) is 0 Å². The fourth-order valence-corrected chi connectivity index (χ4v) is 4.44. The molecule has 1 heterocycles. The number of rotatable bonds is 6. The van der Waals surface area contributed by atoms with Gasteiger partial charge >= 0.3 is 0 Å². The minimum absolute atomic E-state index is 0.0304. The molecule has 0 bridgehead atoms. The summed E-state index contributed by atoms with van der Waals surface area (Å²) in [6.45, 7) is 11.6. The highest BCUT2D eigenvalue weighted by atomic mass is 16.5. The molecule has 1 aliphatic heterocycles. The molecule has 0 unspecified atom stereocenters. The van der Waals surface area contributed by atoms with Gasteiger partial charge in [-0.2, -0.15) is 0 Å². The van der Waals surface area contributed by atoms with E-state index < -0.39 is 0 Å². The molecule has 0 radical (unpaired) electrons. The Morgan fingerprint density at radius 1 is 1.00 bits per heavy atom. The van der Waals surface area contributed by atoms with E-state index in [0.717, 1.165) is 12.2 Å². The number of likely N-dealkylation sites (N-methyl/N-ethyl adjacent to an activating group) is 1. The lowest BCUT2D eigenvalue weighted by Crippen LogP contribution is -2.36. The first-order chi connectivity index (χ1) is 14.1. The Hall–Kier alpha value is -2.33. The summed E-state index contributed by atoms with van der Waals surface area (Å²) in [6, 6.07) is 16.8. The molecule has 2 atom stereocenters. The van der Waals surface area contributed by atoms with Crippen LogP contribution in [0.15, 0.2) is 48.5 Å². The molecule has 1 amide bonds. The average molecular weight is 409 g/mol. The number of nitrogens with zero attached hydrogens (tertiary/aromatic N) is 2. The third-order valence-corrected chi connectivity index (χ3v) is 6.16. The minimum atomic E-state index is -0.0897. The summed E-state index contributed by atoms with van der Waals surface area (Å²) in [7, 11) is 3.76. The third kappa shape index (κ3) is 4.54. The largest absolute Gasteiger partial charge is 0.497 e. The molecule has 0 saturated carbocycles. The van der Waals surface area contributed by atoms with Gasteiger partial charge < -0.3 is 9.64 Å². The predicted molar refractivity (Wildman–Crippen MR) is 123 cm³/mol. The van der Waals surface area contributed by atoms with E-state index in [9.17, 15) is 4.79 Å². The summed E-state index contributed by atoms with van der Waals surface area (Å²) in [5.74, 6) is 1.35. The zero-order chi connectivity index (χ0) is 22.1. The summed E-state index contributed by atoms with van der Waals surface area (Å²) in [6.07, 6.45) is 0.794. The van der Waals surface area contributed by atoms with Crippen molar-refractivity contribution < 1.29 is 9.53 Å². The van der Waals surface area contributed by atoms with Crippen molar-refractivity contribution in [2.75, 3.05) is 20.7 Å². The van der Waals surface area contributed by atoms with Crippen LogP contribution in [-0.2, 0) is 16.6 Å². The number of amides is 1. The monoisotopic (exact) mass is 408 g/mol. The smallest absolute Gasteiger partial charge is 0.241 e. The van der Waals surface area contributed by atoms with Crippen LogP contribution in [0.1, 0.15) is 57.5 Å². The van der Waals surface area contributed by atoms with Gasteiger partial charge in [0.05, 0.1) is 13.2 Å². The molecule has 0 N–H and O–H groups in total. The molecule has 4 heteroatoms. The lowest BCUT2D eigenvalue weighted by molar-refractivity contribution is -0.130. The fraction of sp³-hybridized carbons (Fsp3) is 0.500. The van der Waals surface area contributed by atoms with Crippen molar-refractivity contribution in [3.63, 3.8) is 0 Å². The zero-order valence-electron chi connectivity index (χ0n) is 19.5. The van der Waals surface area contributed by atoms with Gasteiger partial charge in [0.1, 0.15) is 11.9 Å². The van der Waals surface area contributed by atoms with E-state index in [1.54, 1.807) is 7.11 Å². The number of methoxy groups -OCH3 is 1. The Kier molecular flexibility index (Phi) is 6.56. The summed E-state index contributed by atoms with van der Waals surface area (Å²) in [5, 5.41) is 0. The SMILES string of the molecule is COc1ccc(CCN2C(=O)[C@H](C(C)C)N(C)[C@@H]2c2ccc(C(C)(C)C)cc2)cc1. The van der Waals surface area contributed by atoms with Crippen LogP contribution < -0.4 is 4.74 Å². The second kappa shape index (κ2) is 8.81. The molecule has 30 heavy (non-hydrogen) atoms. The van der Waals surface area contributed by atoms with Gasteiger partial charge in [-0.05, 0) is 53.6 Å². The van der Waals surface area contributed by atoms with Gasteiger partial charge in [-0.15, -0.1) is 0 Å². The Balaban J connectivity index is 1.86. The molecule has 1 saturated heterocycles. The Bertz CT molecular complexity index is 850. The number of hydrogen-bond acceptors (Lipinski definition) is 3. The maximum absolute atomic E-state index is 13.4. The van der Waals surface area contributed by atoms with E-state index in [2.05, 4.69) is 87.9 Å². The van der Waals surface area contributed by atoms with Crippen molar-refractivity contribution in [3.05, 3.63) is 65.2 Å². The quantitative estimate of drug-likeness (QED) is 0.672. The summed E-state index contributed by atoms with van der Waals surface area (Å²) in [4.78, 5) is 17.7. The molecule has 1 aliphatic rings. The van der Waals surface area contributed by atoms with Crippen molar-refractivity contribution in [3.8, 4) is 5.75 Å². The standard InChI is InChI=1S/C26H36N2O2/c1-18(2)23-25(29)28(17-16-19-8-14-22(30-7)15-9-19)24(27(23)6)20-10-12-21(13-11-20)26(3,4)5/h8-15,18,23-24H,16-17H2,1-7H3/t23-,24-/m0/s1. The number of ether oxygens (including phenoxy) is 1. The van der Waals surface area contributed by atoms with Crippen LogP contribution in [-0.4, -0.2) is 42.5 Å². The molecule has 2 aromatic carbocycles. The Labute approximate surface area is 181 Å². The van der Waals surface area contributed by atoms with E-state index in [1.807, 2.05) is 12.1 Å². The van der Waals surface area contributed by atoms with Gasteiger partial charge in [0.15, 0.2) is 0 Å². The van der Waals surface area contributed by atoms with E-state index in [1.165, 1.54) is 16.7 Å². The van der Waals surface area contributed by atoms with Gasteiger partial charge in [-0.25, -0.2) is 0 Å². The van der Waals surface area contributed by atoms with Crippen LogP contribution in [0.5, 0.6) is 5.75 Å². The van der Waals surface area contributed by atoms with E-state index in [4.69, 9.17) is 4.74 Å². The van der Waals surface area contributed by atoms with Crippen molar-refractivity contribution in [1.29, 1.82) is 0 Å². The maximum atomic E-state index is 13.4. The molecule has 2 aromatic rings. The molecule has 0 spiro atoms. The van der Waals surface area contributed by atoms with Gasteiger partial charge in [-0.1, -0.05) is 71.0 Å². The van der Waals surface area contributed by atoms with Crippen molar-refractivity contribution in [1.82, 2.24) is 9.80 Å². The van der Waals surface area contributed by atoms with E-state index in [0.29, 0.717) is 6.54 Å². The number of hydrogen-bond donors (Lipinski definition) is 0. The van der Waals surface area contributed by atoms with Crippen molar-refractivity contribution in [2.45, 2.75) is 58.7 Å². The Morgan fingerprint density at radius 2 is 1.60 bits per heavy atom. The number of benzene rings is 2. The first-order valence-electron chi connectivity index (χ1n) is 10.9. The average Bonchev–Trinajstić information content (AvgIpc) is 2.95. The molecule has 162 valence electrons. The van der Waals surface area contributed by atoms with Crippen molar-refractivity contribution >= 4 is 5.91 Å². The zero-order valence-corrected chi connectivity index (χ0v) is 19.5. The van der Waals surface area contributed by atoms with Gasteiger partial charge in [0.25, 0.3) is 0 Å². The molecule has 0 aliphatic carbocycles. The van der Waals surface area contributed by atoms with Crippen LogP contribution >= 0.6 is 0 Å². The van der Waals surface area contributed by atoms with Crippen LogP contribution in [0, 0.1) is 5.92 Å². The summed E-state index contributed by atoms with van der Waals surface area (Å²) >= 11 is 0. The first-order valence-corrected chi connectivity index (χ1v) is 10.9. The Morgan fingerprint density at radius 3 is 2.10 bits per heavy atom. The lowest BCUT2D eigenvalue weighted by Gasteiger charge is -2.30. The second-order valence-electron chi connectivity index (χ2n) is 9.73. The molecular formula is C26H36N2O2. The maximum Gasteiger partial charge on any atom is 0.241 e.